The summed E-state index contributed by atoms with van der Waals surface area (Å²) in [5.74, 6) is -1.31. The number of halogens is 2. The number of epoxide rings is 1. The zero-order valence-electron chi connectivity index (χ0n) is 7.63. The molecule has 14 heavy (non-hydrogen) atoms. The van der Waals surface area contributed by atoms with Gasteiger partial charge in [0.15, 0.2) is 0 Å². The molecule has 2 atom stereocenters. The van der Waals surface area contributed by atoms with Crippen LogP contribution in [0.3, 0.4) is 0 Å². The van der Waals surface area contributed by atoms with Gasteiger partial charge in [-0.2, -0.15) is 0 Å². The van der Waals surface area contributed by atoms with Crippen LogP contribution in [0, 0.1) is 11.6 Å². The maximum atomic E-state index is 13.3. The fourth-order valence-electron chi connectivity index (χ4n) is 1.65. The minimum absolute atomic E-state index is 0.217. The van der Waals surface area contributed by atoms with E-state index in [1.54, 1.807) is 6.92 Å². The second kappa shape index (κ2) is 3.00. The number of hydrogen-bond donors (Lipinski definition) is 1. The lowest BCUT2D eigenvalue weighted by atomic mass is 9.96. The first-order chi connectivity index (χ1) is 6.60. The van der Waals surface area contributed by atoms with Crippen LogP contribution in [0.1, 0.15) is 12.5 Å². The molecule has 0 radical (unpaired) electrons. The van der Waals surface area contributed by atoms with Crippen molar-refractivity contribution in [2.24, 2.45) is 0 Å². The Kier molecular flexibility index (Phi) is 2.05. The van der Waals surface area contributed by atoms with Crippen LogP contribution in [0.15, 0.2) is 18.2 Å². The highest BCUT2D eigenvalue weighted by Gasteiger charge is 2.55. The predicted molar refractivity (Wildman–Crippen MR) is 45.7 cm³/mol. The number of benzene rings is 1. The van der Waals surface area contributed by atoms with Gasteiger partial charge in [-0.1, -0.05) is 6.07 Å². The molecule has 0 aliphatic carbocycles. The first-order valence-corrected chi connectivity index (χ1v) is 4.34. The highest BCUT2D eigenvalue weighted by atomic mass is 19.1. The van der Waals surface area contributed by atoms with Crippen LogP contribution in [0.5, 0.6) is 0 Å². The fraction of sp³-hybridized carbons (Fsp3) is 0.400. The van der Waals surface area contributed by atoms with E-state index in [0.717, 1.165) is 12.1 Å². The Balaban J connectivity index is 2.42. The number of ether oxygens (including phenoxy) is 1. The van der Waals surface area contributed by atoms with Gasteiger partial charge in [0.1, 0.15) is 17.2 Å². The van der Waals surface area contributed by atoms with Crippen molar-refractivity contribution in [2.45, 2.75) is 18.6 Å². The Morgan fingerprint density at radius 1 is 1.50 bits per heavy atom. The van der Waals surface area contributed by atoms with Gasteiger partial charge in [0.2, 0.25) is 0 Å². The lowest BCUT2D eigenvalue weighted by Crippen LogP contribution is -2.18. The molecular formula is C10H10F2O2. The number of rotatable bonds is 2. The van der Waals surface area contributed by atoms with E-state index < -0.39 is 17.2 Å². The van der Waals surface area contributed by atoms with E-state index in [1.807, 2.05) is 0 Å². The Hall–Kier alpha value is -1.00. The zero-order chi connectivity index (χ0) is 10.3. The van der Waals surface area contributed by atoms with Crippen molar-refractivity contribution >= 4 is 0 Å². The van der Waals surface area contributed by atoms with Crippen molar-refractivity contribution in [3.05, 3.63) is 35.4 Å². The molecule has 2 nitrogen and oxygen atoms in total. The Morgan fingerprint density at radius 3 is 2.57 bits per heavy atom. The van der Waals surface area contributed by atoms with Crippen LogP contribution < -0.4 is 0 Å². The van der Waals surface area contributed by atoms with E-state index in [9.17, 15) is 8.78 Å². The van der Waals surface area contributed by atoms with Crippen LogP contribution >= 0.6 is 0 Å². The molecule has 1 N–H and O–H groups in total. The van der Waals surface area contributed by atoms with Crippen molar-refractivity contribution in [1.82, 2.24) is 0 Å². The van der Waals surface area contributed by atoms with E-state index in [2.05, 4.69) is 0 Å². The maximum Gasteiger partial charge on any atom is 0.145 e. The topological polar surface area (TPSA) is 32.8 Å². The van der Waals surface area contributed by atoms with E-state index in [4.69, 9.17) is 9.84 Å². The molecule has 1 aliphatic heterocycles. The van der Waals surface area contributed by atoms with Crippen LogP contribution in [0.2, 0.25) is 0 Å². The minimum atomic E-state index is -0.961. The number of hydrogen-bond acceptors (Lipinski definition) is 2. The number of aliphatic hydroxyl groups is 1. The lowest BCUT2D eigenvalue weighted by Gasteiger charge is -2.10. The summed E-state index contributed by atoms with van der Waals surface area (Å²) in [4.78, 5) is 0. The van der Waals surface area contributed by atoms with Gasteiger partial charge in [-0.15, -0.1) is 0 Å². The summed E-state index contributed by atoms with van der Waals surface area (Å²) in [6.45, 7) is 1.44. The summed E-state index contributed by atoms with van der Waals surface area (Å²) in [5, 5.41) is 9.09. The molecule has 1 aliphatic rings. The van der Waals surface area contributed by atoms with E-state index in [1.165, 1.54) is 6.07 Å². The molecule has 1 aromatic rings. The Bertz CT molecular complexity index is 363. The SMILES string of the molecule is CC1O[C@@]1(CO)c1ccc(F)cc1F. The first-order valence-electron chi connectivity index (χ1n) is 4.34. The van der Waals surface area contributed by atoms with Gasteiger partial charge in [-0.05, 0) is 13.0 Å². The monoisotopic (exact) mass is 200 g/mol. The second-order valence-corrected chi connectivity index (χ2v) is 3.43. The summed E-state index contributed by atoms with van der Waals surface area (Å²) in [6, 6.07) is 3.26. The average molecular weight is 200 g/mol. The van der Waals surface area contributed by atoms with E-state index in [-0.39, 0.29) is 18.3 Å². The van der Waals surface area contributed by atoms with E-state index in [0.29, 0.717) is 0 Å². The van der Waals surface area contributed by atoms with Crippen molar-refractivity contribution < 1.29 is 18.6 Å². The summed E-state index contributed by atoms with van der Waals surface area (Å²) in [7, 11) is 0. The van der Waals surface area contributed by atoms with Crippen molar-refractivity contribution in [1.29, 1.82) is 0 Å². The summed E-state index contributed by atoms with van der Waals surface area (Å²) < 4.78 is 31.1. The third kappa shape index (κ3) is 1.22. The van der Waals surface area contributed by atoms with Crippen LogP contribution in [0.25, 0.3) is 0 Å². The molecule has 1 unspecified atom stereocenters. The molecule has 2 rings (SSSR count). The quantitative estimate of drug-likeness (QED) is 0.735. The van der Waals surface area contributed by atoms with Crippen molar-refractivity contribution in [2.75, 3.05) is 6.61 Å². The molecule has 0 spiro atoms. The third-order valence-electron chi connectivity index (χ3n) is 2.61. The smallest absolute Gasteiger partial charge is 0.145 e. The summed E-state index contributed by atoms with van der Waals surface area (Å²) in [6.07, 6.45) is -0.229. The Labute approximate surface area is 80.1 Å². The van der Waals surface area contributed by atoms with Gasteiger partial charge >= 0.3 is 0 Å². The second-order valence-electron chi connectivity index (χ2n) is 3.43. The average Bonchev–Trinajstić information content (AvgIpc) is 2.78. The largest absolute Gasteiger partial charge is 0.393 e. The molecule has 1 saturated heterocycles. The van der Waals surface area contributed by atoms with Crippen LogP contribution in [0.4, 0.5) is 8.78 Å². The molecule has 76 valence electrons. The predicted octanol–water partition coefficient (Wildman–Crippen LogP) is 1.57. The minimum Gasteiger partial charge on any atom is -0.393 e. The molecule has 4 heteroatoms. The highest BCUT2D eigenvalue weighted by Crippen LogP contribution is 2.46. The van der Waals surface area contributed by atoms with Gasteiger partial charge < -0.3 is 9.84 Å². The highest BCUT2D eigenvalue weighted by molar-refractivity contribution is 5.31. The van der Waals surface area contributed by atoms with Crippen LogP contribution in [-0.2, 0) is 10.3 Å². The molecule has 0 saturated carbocycles. The standard InChI is InChI=1S/C10H10F2O2/c1-6-10(5-13,14-6)8-3-2-7(11)4-9(8)12/h2-4,6,13H,5H2,1H3/t6?,10-/m1/s1. The summed E-state index contributed by atoms with van der Waals surface area (Å²) in [5.41, 5.74) is -0.744. The molecule has 1 aromatic carbocycles. The van der Waals surface area contributed by atoms with Crippen molar-refractivity contribution in [3.63, 3.8) is 0 Å². The molecule has 0 aromatic heterocycles. The zero-order valence-corrected chi connectivity index (χ0v) is 7.63. The molecule has 0 bridgehead atoms. The number of aliphatic hydroxyl groups excluding tert-OH is 1. The molecule has 1 fully saturated rings. The van der Waals surface area contributed by atoms with Gasteiger partial charge in [0, 0.05) is 11.6 Å². The fourth-order valence-corrected chi connectivity index (χ4v) is 1.65. The van der Waals surface area contributed by atoms with Gasteiger partial charge in [0.25, 0.3) is 0 Å². The maximum absolute atomic E-state index is 13.3. The van der Waals surface area contributed by atoms with Crippen LogP contribution in [-0.4, -0.2) is 17.8 Å². The summed E-state index contributed by atoms with van der Waals surface area (Å²) >= 11 is 0. The molecule has 0 amide bonds. The van der Waals surface area contributed by atoms with Crippen molar-refractivity contribution in [3.8, 4) is 0 Å². The first kappa shape index (κ1) is 9.55. The third-order valence-corrected chi connectivity index (χ3v) is 2.61. The lowest BCUT2D eigenvalue weighted by molar-refractivity contribution is 0.169. The normalized spacial score (nSPS) is 30.4. The van der Waals surface area contributed by atoms with Gasteiger partial charge in [-0.25, -0.2) is 8.78 Å². The molecule has 1 heterocycles. The van der Waals surface area contributed by atoms with Gasteiger partial charge in [0.05, 0.1) is 12.7 Å². The van der Waals surface area contributed by atoms with Gasteiger partial charge in [-0.3, -0.25) is 0 Å². The molecular weight excluding hydrogens is 190 g/mol. The van der Waals surface area contributed by atoms with E-state index >= 15 is 0 Å². The Morgan fingerprint density at radius 2 is 2.14 bits per heavy atom.